The van der Waals surface area contributed by atoms with Crippen LogP contribution < -0.4 is 5.32 Å². The number of pyridine rings is 1. The number of alkyl halides is 3. The minimum absolute atomic E-state index is 0.0699. The van der Waals surface area contributed by atoms with E-state index in [1.165, 1.54) is 0 Å². The van der Waals surface area contributed by atoms with Gasteiger partial charge < -0.3 is 5.32 Å². The highest BCUT2D eigenvalue weighted by atomic mass is 19.4. The molecule has 1 N–H and O–H groups in total. The molecule has 0 fully saturated rings. The predicted octanol–water partition coefficient (Wildman–Crippen LogP) is 2.68. The first kappa shape index (κ1) is 12.0. The van der Waals surface area contributed by atoms with Crippen molar-refractivity contribution >= 4 is 0 Å². The molecule has 1 aromatic heterocycles. The molecule has 0 spiro atoms. The van der Waals surface area contributed by atoms with Gasteiger partial charge in [-0.15, -0.1) is 0 Å². The summed E-state index contributed by atoms with van der Waals surface area (Å²) in [6.45, 7) is 1.74. The van der Waals surface area contributed by atoms with E-state index in [2.05, 4.69) is 10.3 Å². The maximum atomic E-state index is 11.9. The topological polar surface area (TPSA) is 24.9 Å². The summed E-state index contributed by atoms with van der Waals surface area (Å²) >= 11 is 0. The molecule has 0 saturated carbocycles. The standard InChI is InChI=1S/C10H13F3N2/c1-8(9-3-2-5-14-7-9)15-6-4-10(11,12)13/h2-3,5,7-8,15H,4,6H2,1H3/t8-/m1/s1. The number of aromatic nitrogens is 1. The summed E-state index contributed by atoms with van der Waals surface area (Å²) in [7, 11) is 0. The van der Waals surface area contributed by atoms with Gasteiger partial charge in [0.1, 0.15) is 0 Å². The molecule has 5 heteroatoms. The van der Waals surface area contributed by atoms with Crippen LogP contribution in [0.2, 0.25) is 0 Å². The number of nitrogens with zero attached hydrogens (tertiary/aromatic N) is 1. The van der Waals surface area contributed by atoms with Crippen LogP contribution in [0.15, 0.2) is 24.5 Å². The summed E-state index contributed by atoms with van der Waals surface area (Å²) in [5, 5.41) is 2.80. The lowest BCUT2D eigenvalue weighted by Crippen LogP contribution is -2.24. The van der Waals surface area contributed by atoms with Crippen molar-refractivity contribution in [2.75, 3.05) is 6.54 Å². The summed E-state index contributed by atoms with van der Waals surface area (Å²) < 4.78 is 35.6. The van der Waals surface area contributed by atoms with E-state index in [0.717, 1.165) is 5.56 Å². The lowest BCUT2D eigenvalue weighted by atomic mass is 10.1. The summed E-state index contributed by atoms with van der Waals surface area (Å²) in [5.41, 5.74) is 0.889. The Kier molecular flexibility index (Phi) is 4.08. The Hall–Kier alpha value is -1.10. The molecule has 0 aromatic carbocycles. The number of halogens is 3. The van der Waals surface area contributed by atoms with E-state index in [1.807, 2.05) is 13.0 Å². The SMILES string of the molecule is C[C@@H](NCCC(F)(F)F)c1cccnc1. The van der Waals surface area contributed by atoms with Crippen LogP contribution in [0, 0.1) is 0 Å². The van der Waals surface area contributed by atoms with E-state index in [-0.39, 0.29) is 12.6 Å². The van der Waals surface area contributed by atoms with Crippen molar-refractivity contribution in [1.82, 2.24) is 10.3 Å². The van der Waals surface area contributed by atoms with Gasteiger partial charge in [0, 0.05) is 25.0 Å². The van der Waals surface area contributed by atoms with Gasteiger partial charge in [-0.25, -0.2) is 0 Å². The molecule has 0 bridgehead atoms. The van der Waals surface area contributed by atoms with Gasteiger partial charge in [0.25, 0.3) is 0 Å². The van der Waals surface area contributed by atoms with Gasteiger partial charge in [-0.05, 0) is 18.6 Å². The highest BCUT2D eigenvalue weighted by Gasteiger charge is 2.26. The summed E-state index contributed by atoms with van der Waals surface area (Å²) in [5.74, 6) is 0. The Morgan fingerprint density at radius 2 is 2.20 bits per heavy atom. The predicted molar refractivity (Wildman–Crippen MR) is 51.3 cm³/mol. The fourth-order valence-electron chi connectivity index (χ4n) is 1.18. The molecule has 84 valence electrons. The van der Waals surface area contributed by atoms with Crippen LogP contribution in [0.1, 0.15) is 24.9 Å². The van der Waals surface area contributed by atoms with E-state index in [1.54, 1.807) is 18.5 Å². The van der Waals surface area contributed by atoms with Crippen molar-refractivity contribution in [2.45, 2.75) is 25.6 Å². The zero-order chi connectivity index (χ0) is 11.3. The lowest BCUT2D eigenvalue weighted by Gasteiger charge is -2.14. The molecule has 0 aliphatic carbocycles. The van der Waals surface area contributed by atoms with Crippen LogP contribution in [-0.2, 0) is 0 Å². The van der Waals surface area contributed by atoms with Gasteiger partial charge >= 0.3 is 6.18 Å². The van der Waals surface area contributed by atoms with Crippen LogP contribution in [-0.4, -0.2) is 17.7 Å². The van der Waals surface area contributed by atoms with Crippen molar-refractivity contribution in [3.05, 3.63) is 30.1 Å². The van der Waals surface area contributed by atoms with Crippen molar-refractivity contribution in [2.24, 2.45) is 0 Å². The van der Waals surface area contributed by atoms with Gasteiger partial charge in [-0.2, -0.15) is 13.2 Å². The Labute approximate surface area is 86.5 Å². The average Bonchev–Trinajstić information content (AvgIpc) is 2.17. The normalized spacial score (nSPS) is 13.9. The molecule has 1 atom stereocenters. The monoisotopic (exact) mass is 218 g/mol. The Balaban J connectivity index is 2.34. The second-order valence-corrected chi connectivity index (χ2v) is 3.33. The molecule has 0 amide bonds. The highest BCUT2D eigenvalue weighted by molar-refractivity contribution is 5.12. The van der Waals surface area contributed by atoms with Crippen LogP contribution >= 0.6 is 0 Å². The largest absolute Gasteiger partial charge is 0.390 e. The van der Waals surface area contributed by atoms with E-state index < -0.39 is 12.6 Å². The third-order valence-electron chi connectivity index (χ3n) is 2.04. The zero-order valence-corrected chi connectivity index (χ0v) is 8.38. The minimum Gasteiger partial charge on any atom is -0.310 e. The van der Waals surface area contributed by atoms with E-state index in [9.17, 15) is 13.2 Å². The minimum atomic E-state index is -4.10. The van der Waals surface area contributed by atoms with Gasteiger partial charge in [-0.3, -0.25) is 4.98 Å². The fraction of sp³-hybridized carbons (Fsp3) is 0.500. The third-order valence-corrected chi connectivity index (χ3v) is 2.04. The molecule has 2 nitrogen and oxygen atoms in total. The Morgan fingerprint density at radius 1 is 1.47 bits per heavy atom. The van der Waals surface area contributed by atoms with Crippen molar-refractivity contribution in [3.8, 4) is 0 Å². The molecule has 0 unspecified atom stereocenters. The quantitative estimate of drug-likeness (QED) is 0.840. The Morgan fingerprint density at radius 3 is 2.73 bits per heavy atom. The van der Waals surface area contributed by atoms with Gasteiger partial charge in [-0.1, -0.05) is 6.07 Å². The molecule has 0 aliphatic rings. The number of hydrogen-bond acceptors (Lipinski definition) is 2. The van der Waals surface area contributed by atoms with Crippen molar-refractivity contribution in [1.29, 1.82) is 0 Å². The van der Waals surface area contributed by atoms with Gasteiger partial charge in [0.2, 0.25) is 0 Å². The highest BCUT2D eigenvalue weighted by Crippen LogP contribution is 2.19. The number of rotatable bonds is 4. The molecule has 0 aliphatic heterocycles. The molecule has 0 radical (unpaired) electrons. The number of hydrogen-bond donors (Lipinski definition) is 1. The van der Waals surface area contributed by atoms with E-state index in [4.69, 9.17) is 0 Å². The maximum Gasteiger partial charge on any atom is 0.390 e. The second kappa shape index (κ2) is 5.11. The molecular weight excluding hydrogens is 205 g/mol. The molecule has 1 rings (SSSR count). The van der Waals surface area contributed by atoms with Crippen molar-refractivity contribution in [3.63, 3.8) is 0 Å². The van der Waals surface area contributed by atoms with Crippen LogP contribution in [0.4, 0.5) is 13.2 Å². The Bertz CT molecular complexity index is 284. The van der Waals surface area contributed by atoms with Gasteiger partial charge in [0.15, 0.2) is 0 Å². The molecular formula is C10H13F3N2. The van der Waals surface area contributed by atoms with E-state index in [0.29, 0.717) is 0 Å². The van der Waals surface area contributed by atoms with Crippen LogP contribution in [0.5, 0.6) is 0 Å². The van der Waals surface area contributed by atoms with E-state index >= 15 is 0 Å². The first-order valence-electron chi connectivity index (χ1n) is 4.69. The van der Waals surface area contributed by atoms with Crippen molar-refractivity contribution < 1.29 is 13.2 Å². The maximum absolute atomic E-state index is 11.9. The number of nitrogens with one attached hydrogen (secondary N) is 1. The third kappa shape index (κ3) is 4.78. The smallest absolute Gasteiger partial charge is 0.310 e. The summed E-state index contributed by atoms with van der Waals surface area (Å²) in [6, 6.07) is 3.48. The van der Waals surface area contributed by atoms with Crippen LogP contribution in [0.3, 0.4) is 0 Å². The average molecular weight is 218 g/mol. The summed E-state index contributed by atoms with van der Waals surface area (Å²) in [6.07, 6.45) is -1.63. The first-order chi connectivity index (χ1) is 6.99. The fourth-order valence-corrected chi connectivity index (χ4v) is 1.18. The zero-order valence-electron chi connectivity index (χ0n) is 8.38. The van der Waals surface area contributed by atoms with Gasteiger partial charge in [0.05, 0.1) is 6.42 Å². The lowest BCUT2D eigenvalue weighted by molar-refractivity contribution is -0.133. The summed E-state index contributed by atoms with van der Waals surface area (Å²) in [4.78, 5) is 3.90. The molecule has 1 heterocycles. The first-order valence-corrected chi connectivity index (χ1v) is 4.69. The molecule has 0 saturated heterocycles. The van der Waals surface area contributed by atoms with Crippen LogP contribution in [0.25, 0.3) is 0 Å². The molecule has 1 aromatic rings. The molecule has 15 heavy (non-hydrogen) atoms. The second-order valence-electron chi connectivity index (χ2n) is 3.33.